The third-order valence-electron chi connectivity index (χ3n) is 2.33. The van der Waals surface area contributed by atoms with Crippen LogP contribution in [0, 0.1) is 5.82 Å². The largest absolute Gasteiger partial charge is 0.477 e. The Morgan fingerprint density at radius 2 is 1.90 bits per heavy atom. The second-order valence-electron chi connectivity index (χ2n) is 5.44. The first-order valence-corrected chi connectivity index (χ1v) is 6.16. The number of alkyl halides is 3. The molecule has 0 aliphatic rings. The normalized spacial score (nSPS) is 12.6. The third kappa shape index (κ3) is 6.70. The number of pyridine rings is 1. The van der Waals surface area contributed by atoms with Crippen molar-refractivity contribution in [3.63, 3.8) is 0 Å². The fourth-order valence-corrected chi connectivity index (χ4v) is 1.35. The third-order valence-corrected chi connectivity index (χ3v) is 2.33. The monoisotopic (exact) mass is 294 g/mol. The number of rotatable bonds is 5. The fraction of sp³-hybridized carbons (Fsp3) is 0.615. The average Bonchev–Trinajstić information content (AvgIpc) is 2.26. The smallest absolute Gasteiger partial charge is 0.392 e. The second-order valence-corrected chi connectivity index (χ2v) is 5.44. The van der Waals surface area contributed by atoms with Crippen molar-refractivity contribution >= 4 is 0 Å². The minimum atomic E-state index is -4.29. The summed E-state index contributed by atoms with van der Waals surface area (Å²) in [6, 6.07) is 1.20. The van der Waals surface area contributed by atoms with Crippen molar-refractivity contribution in [2.24, 2.45) is 0 Å². The number of hydrogen-bond acceptors (Lipinski definition) is 3. The summed E-state index contributed by atoms with van der Waals surface area (Å²) in [5.74, 6) is -0.536. The molecule has 0 radical (unpaired) electrons. The van der Waals surface area contributed by atoms with Gasteiger partial charge in [-0.3, -0.25) is 0 Å². The van der Waals surface area contributed by atoms with Gasteiger partial charge in [-0.2, -0.15) is 13.2 Å². The van der Waals surface area contributed by atoms with Gasteiger partial charge in [-0.25, -0.2) is 9.37 Å². The van der Waals surface area contributed by atoms with Crippen molar-refractivity contribution in [2.75, 3.05) is 6.61 Å². The summed E-state index contributed by atoms with van der Waals surface area (Å²) in [5, 5.41) is 3.10. The summed E-state index contributed by atoms with van der Waals surface area (Å²) in [4.78, 5) is 3.69. The first-order chi connectivity index (χ1) is 9.07. The molecule has 0 saturated carbocycles. The Balaban J connectivity index is 2.70. The van der Waals surface area contributed by atoms with Gasteiger partial charge in [0, 0.05) is 17.6 Å². The van der Waals surface area contributed by atoms with Crippen LogP contribution in [0.25, 0.3) is 0 Å². The molecule has 0 unspecified atom stereocenters. The predicted molar refractivity (Wildman–Crippen MR) is 67.0 cm³/mol. The molecule has 1 rings (SSSR count). The number of ether oxygens (including phenoxy) is 1. The zero-order chi connectivity index (χ0) is 15.4. The van der Waals surface area contributed by atoms with Gasteiger partial charge in [-0.05, 0) is 26.8 Å². The highest BCUT2D eigenvalue weighted by Gasteiger charge is 2.27. The van der Waals surface area contributed by atoms with E-state index in [1.807, 2.05) is 20.8 Å². The van der Waals surface area contributed by atoms with E-state index in [0.717, 1.165) is 6.20 Å². The van der Waals surface area contributed by atoms with E-state index in [-0.39, 0.29) is 18.0 Å². The zero-order valence-electron chi connectivity index (χ0n) is 11.6. The van der Waals surface area contributed by atoms with Crippen LogP contribution in [0.4, 0.5) is 17.6 Å². The van der Waals surface area contributed by atoms with E-state index in [4.69, 9.17) is 4.74 Å². The van der Waals surface area contributed by atoms with Crippen LogP contribution in [-0.2, 0) is 6.54 Å². The maximum absolute atomic E-state index is 13.2. The molecule has 0 amide bonds. The van der Waals surface area contributed by atoms with Gasteiger partial charge in [0.2, 0.25) is 5.88 Å². The SMILES string of the molecule is CC(C)(C)NCc1cc(F)cnc1OCCC(F)(F)F. The number of nitrogens with one attached hydrogen (secondary N) is 1. The molecule has 0 bridgehead atoms. The highest BCUT2D eigenvalue weighted by molar-refractivity contribution is 5.26. The Morgan fingerprint density at radius 1 is 1.25 bits per heavy atom. The molecule has 20 heavy (non-hydrogen) atoms. The molecular formula is C13H18F4N2O. The predicted octanol–water partition coefficient (Wildman–Crippen LogP) is 3.44. The van der Waals surface area contributed by atoms with Gasteiger partial charge in [0.1, 0.15) is 5.82 Å². The van der Waals surface area contributed by atoms with Crippen molar-refractivity contribution in [3.05, 3.63) is 23.6 Å². The van der Waals surface area contributed by atoms with Gasteiger partial charge in [0.05, 0.1) is 19.2 Å². The quantitative estimate of drug-likeness (QED) is 0.845. The zero-order valence-corrected chi connectivity index (χ0v) is 11.6. The van der Waals surface area contributed by atoms with E-state index in [2.05, 4.69) is 10.3 Å². The Hall–Kier alpha value is -1.37. The van der Waals surface area contributed by atoms with Crippen molar-refractivity contribution in [3.8, 4) is 5.88 Å². The molecule has 0 aliphatic heterocycles. The van der Waals surface area contributed by atoms with Gasteiger partial charge >= 0.3 is 6.18 Å². The molecule has 1 aromatic rings. The van der Waals surface area contributed by atoms with E-state index in [1.54, 1.807) is 0 Å². The highest BCUT2D eigenvalue weighted by atomic mass is 19.4. The maximum Gasteiger partial charge on any atom is 0.392 e. The van der Waals surface area contributed by atoms with Crippen LogP contribution in [0.15, 0.2) is 12.3 Å². The molecule has 0 spiro atoms. The molecule has 0 saturated heterocycles. The molecule has 0 atom stereocenters. The van der Waals surface area contributed by atoms with Crippen molar-refractivity contribution in [1.82, 2.24) is 10.3 Å². The lowest BCUT2D eigenvalue weighted by Crippen LogP contribution is -2.35. The number of halogens is 4. The lowest BCUT2D eigenvalue weighted by Gasteiger charge is -2.21. The van der Waals surface area contributed by atoms with Gasteiger partial charge < -0.3 is 10.1 Å². The van der Waals surface area contributed by atoms with Crippen LogP contribution in [-0.4, -0.2) is 23.3 Å². The van der Waals surface area contributed by atoms with E-state index in [1.165, 1.54) is 6.07 Å². The summed E-state index contributed by atoms with van der Waals surface area (Å²) in [5.41, 5.74) is 0.178. The lowest BCUT2D eigenvalue weighted by molar-refractivity contribution is -0.139. The molecule has 3 nitrogen and oxygen atoms in total. The van der Waals surface area contributed by atoms with Gasteiger partial charge in [-0.15, -0.1) is 0 Å². The number of nitrogens with zero attached hydrogens (tertiary/aromatic N) is 1. The molecular weight excluding hydrogens is 276 g/mol. The van der Waals surface area contributed by atoms with Crippen LogP contribution in [0.5, 0.6) is 5.88 Å². The van der Waals surface area contributed by atoms with Crippen LogP contribution < -0.4 is 10.1 Å². The summed E-state index contributed by atoms with van der Waals surface area (Å²) < 4.78 is 54.3. The van der Waals surface area contributed by atoms with Gasteiger partial charge in [0.15, 0.2) is 0 Å². The molecule has 7 heteroatoms. The van der Waals surface area contributed by atoms with Gasteiger partial charge in [0.25, 0.3) is 0 Å². The van der Waals surface area contributed by atoms with Crippen molar-refractivity contribution in [2.45, 2.75) is 45.5 Å². The molecule has 0 aliphatic carbocycles. The van der Waals surface area contributed by atoms with Crippen LogP contribution in [0.3, 0.4) is 0 Å². The van der Waals surface area contributed by atoms with E-state index in [0.29, 0.717) is 5.56 Å². The topological polar surface area (TPSA) is 34.2 Å². The first-order valence-electron chi connectivity index (χ1n) is 6.16. The molecule has 0 aromatic carbocycles. The molecule has 114 valence electrons. The number of aromatic nitrogens is 1. The van der Waals surface area contributed by atoms with Crippen molar-refractivity contribution in [1.29, 1.82) is 0 Å². The molecule has 0 fully saturated rings. The van der Waals surface area contributed by atoms with E-state index >= 15 is 0 Å². The standard InChI is InChI=1S/C13H18F4N2O/c1-12(2,3)19-7-9-6-10(14)8-18-11(9)20-5-4-13(15,16)17/h6,8,19H,4-5,7H2,1-3H3. The highest BCUT2D eigenvalue weighted by Crippen LogP contribution is 2.22. The first kappa shape index (κ1) is 16.7. The van der Waals surface area contributed by atoms with Gasteiger partial charge in [-0.1, -0.05) is 0 Å². The van der Waals surface area contributed by atoms with Crippen LogP contribution >= 0.6 is 0 Å². The summed E-state index contributed by atoms with van der Waals surface area (Å²) in [7, 11) is 0. The molecule has 1 aromatic heterocycles. The fourth-order valence-electron chi connectivity index (χ4n) is 1.35. The maximum atomic E-state index is 13.2. The summed E-state index contributed by atoms with van der Waals surface area (Å²) >= 11 is 0. The summed E-state index contributed by atoms with van der Waals surface area (Å²) in [6.07, 6.45) is -4.44. The van der Waals surface area contributed by atoms with E-state index in [9.17, 15) is 17.6 Å². The lowest BCUT2D eigenvalue weighted by atomic mass is 10.1. The second kappa shape index (κ2) is 6.39. The Kier molecular flexibility index (Phi) is 5.33. The minimum absolute atomic E-state index is 0.0207. The summed E-state index contributed by atoms with van der Waals surface area (Å²) in [6.45, 7) is 5.48. The number of hydrogen-bond donors (Lipinski definition) is 1. The van der Waals surface area contributed by atoms with Crippen molar-refractivity contribution < 1.29 is 22.3 Å². The van der Waals surface area contributed by atoms with E-state index < -0.39 is 25.0 Å². The Labute approximate surface area is 115 Å². The Morgan fingerprint density at radius 3 is 2.45 bits per heavy atom. The minimum Gasteiger partial charge on any atom is -0.477 e. The van der Waals surface area contributed by atoms with Crippen LogP contribution in [0.2, 0.25) is 0 Å². The van der Waals surface area contributed by atoms with Crippen LogP contribution in [0.1, 0.15) is 32.8 Å². The Bertz CT molecular complexity index is 441. The molecule has 1 N–H and O–H groups in total. The molecule has 1 heterocycles. The average molecular weight is 294 g/mol.